The van der Waals surface area contributed by atoms with Gasteiger partial charge in [-0.1, -0.05) is 100 Å². The van der Waals surface area contributed by atoms with Gasteiger partial charge in [0.1, 0.15) is 11.8 Å². The minimum Gasteiger partial charge on any atom is -0.469 e. The van der Waals surface area contributed by atoms with Gasteiger partial charge in [0.15, 0.2) is 0 Å². The molecule has 0 saturated carbocycles. The van der Waals surface area contributed by atoms with Gasteiger partial charge in [-0.3, -0.25) is 39.4 Å². The second-order valence-corrected chi connectivity index (χ2v) is 18.1. The van der Waals surface area contributed by atoms with E-state index in [2.05, 4.69) is 0 Å². The lowest BCUT2D eigenvalue weighted by Crippen LogP contribution is -2.48. The number of carbonyl (C=O) groups excluding carboxylic acids is 4. The summed E-state index contributed by atoms with van der Waals surface area (Å²) < 4.78 is 9.67. The minimum absolute atomic E-state index is 0.0794. The van der Waals surface area contributed by atoms with Crippen molar-refractivity contribution < 1.29 is 48.7 Å². The largest absolute Gasteiger partial charge is 0.469 e. The summed E-state index contributed by atoms with van der Waals surface area (Å²) in [5.41, 5.74) is 2.96. The number of rotatable bonds is 14. The maximum absolute atomic E-state index is 13.6. The average molecular weight is 935 g/mol. The number of amides is 2. The number of hydrogen-bond donors (Lipinski definition) is 2. The molecule has 0 radical (unpaired) electrons. The van der Waals surface area contributed by atoms with Gasteiger partial charge in [0.2, 0.25) is 11.8 Å². The SMILES string of the molecule is COC(=O)C1CN(C(=O)/C=C/c2ccc(Sc3ccc(/C=C/C(=O)N4CCC(O)C(C(=O)OC)C4)c(-c4ccccc4C(C)C)c3[N+](=O)[O-])c([N+](=O)[O-])c2-c2ccccc2C(C)C)CCC1O. The summed E-state index contributed by atoms with van der Waals surface area (Å²) in [7, 11) is 2.41. The van der Waals surface area contributed by atoms with Crippen LogP contribution >= 0.6 is 11.8 Å². The van der Waals surface area contributed by atoms with E-state index in [1.807, 2.05) is 52.0 Å². The molecule has 6 rings (SSSR count). The maximum atomic E-state index is 13.6. The Balaban J connectivity index is 1.49. The standard InChI is InChI=1S/C50H54N4O12S/c1-29(2)33-11-7-9-13-35(33)45-31(17-21-43(57)51-25-23-39(55)37(27-51)49(59)65-5)15-19-41(47(45)53(61)62)67-42-20-16-32(18-22-44(58)52-26-24-40(56)38(28-52)50(60)66-6)46(48(42)54(63)64)36-14-10-8-12-34(36)30(3)4/h7-22,29-30,37-40,55-56H,23-28H2,1-6H3/b21-17+,22-18+. The number of methoxy groups -OCH3 is 2. The molecule has 4 aromatic carbocycles. The van der Waals surface area contributed by atoms with Crippen LogP contribution in [-0.2, 0) is 28.7 Å². The Morgan fingerprint density at radius 3 is 1.36 bits per heavy atom. The van der Waals surface area contributed by atoms with E-state index < -0.39 is 57.6 Å². The number of aliphatic hydroxyl groups excluding tert-OH is 2. The summed E-state index contributed by atoms with van der Waals surface area (Å²) in [5, 5.41) is 47.7. The summed E-state index contributed by atoms with van der Waals surface area (Å²) >= 11 is 0.849. The molecule has 4 unspecified atom stereocenters. The molecular formula is C50H54N4O12S. The Morgan fingerprint density at radius 1 is 0.642 bits per heavy atom. The molecule has 0 spiro atoms. The van der Waals surface area contributed by atoms with Gasteiger partial charge >= 0.3 is 11.9 Å². The first kappa shape index (κ1) is 49.7. The van der Waals surface area contributed by atoms with E-state index in [9.17, 15) is 49.6 Å². The van der Waals surface area contributed by atoms with Crippen LogP contribution in [0.3, 0.4) is 0 Å². The maximum Gasteiger partial charge on any atom is 0.313 e. The number of nitro groups is 2. The number of piperidine rings is 2. The Kier molecular flexibility index (Phi) is 16.1. The summed E-state index contributed by atoms with van der Waals surface area (Å²) in [6, 6.07) is 20.6. The zero-order valence-corrected chi connectivity index (χ0v) is 38.9. The van der Waals surface area contributed by atoms with Crippen molar-refractivity contribution in [1.82, 2.24) is 9.80 Å². The van der Waals surface area contributed by atoms with Crippen LogP contribution in [0.5, 0.6) is 0 Å². The molecular weight excluding hydrogens is 881 g/mol. The van der Waals surface area contributed by atoms with Crippen molar-refractivity contribution in [1.29, 1.82) is 0 Å². The molecule has 0 aromatic heterocycles. The predicted molar refractivity (Wildman–Crippen MR) is 253 cm³/mol. The van der Waals surface area contributed by atoms with Crippen molar-refractivity contribution in [3.8, 4) is 22.3 Å². The van der Waals surface area contributed by atoms with Crippen LogP contribution in [0.1, 0.15) is 74.6 Å². The predicted octanol–water partition coefficient (Wildman–Crippen LogP) is 8.03. The topological polar surface area (TPSA) is 220 Å². The van der Waals surface area contributed by atoms with Gasteiger partial charge in [0.05, 0.1) is 57.2 Å². The molecule has 4 aromatic rings. The Morgan fingerprint density at radius 2 is 1.01 bits per heavy atom. The summed E-state index contributed by atoms with van der Waals surface area (Å²) in [5.74, 6) is -4.30. The number of ether oxygens (including phenoxy) is 2. The fourth-order valence-electron chi connectivity index (χ4n) is 8.70. The van der Waals surface area contributed by atoms with Crippen molar-refractivity contribution in [2.45, 2.75) is 74.4 Å². The van der Waals surface area contributed by atoms with Crippen molar-refractivity contribution >= 4 is 59.0 Å². The van der Waals surface area contributed by atoms with Crippen LogP contribution in [0.15, 0.2) is 94.7 Å². The van der Waals surface area contributed by atoms with Gasteiger partial charge in [0, 0.05) is 38.3 Å². The van der Waals surface area contributed by atoms with Crippen molar-refractivity contribution in [3.05, 3.63) is 127 Å². The number of benzene rings is 4. The van der Waals surface area contributed by atoms with Crippen LogP contribution in [0.2, 0.25) is 0 Å². The molecule has 2 aliphatic heterocycles. The second kappa shape index (κ2) is 21.7. The molecule has 17 heteroatoms. The number of esters is 2. The fraction of sp³-hybridized carbons (Fsp3) is 0.360. The quantitative estimate of drug-likeness (QED) is 0.0530. The van der Waals surface area contributed by atoms with E-state index in [-0.39, 0.29) is 83.1 Å². The monoisotopic (exact) mass is 934 g/mol. The van der Waals surface area contributed by atoms with E-state index in [0.717, 1.165) is 22.9 Å². The zero-order chi connectivity index (χ0) is 48.7. The fourth-order valence-corrected chi connectivity index (χ4v) is 9.76. The van der Waals surface area contributed by atoms with E-state index in [4.69, 9.17) is 9.47 Å². The van der Waals surface area contributed by atoms with Crippen LogP contribution in [0.25, 0.3) is 34.4 Å². The minimum atomic E-state index is -0.981. The Bertz CT molecular complexity index is 2450. The van der Waals surface area contributed by atoms with Gasteiger partial charge in [-0.2, -0.15) is 0 Å². The van der Waals surface area contributed by atoms with E-state index in [1.54, 1.807) is 36.4 Å². The van der Waals surface area contributed by atoms with E-state index in [1.165, 1.54) is 60.5 Å². The number of likely N-dealkylation sites (tertiary alicyclic amines) is 2. The molecule has 0 bridgehead atoms. The second-order valence-electron chi connectivity index (χ2n) is 17.1. The Hall–Kier alpha value is -6.69. The third-order valence-electron chi connectivity index (χ3n) is 12.2. The molecule has 16 nitrogen and oxygen atoms in total. The number of aliphatic hydroxyl groups is 2. The van der Waals surface area contributed by atoms with E-state index >= 15 is 0 Å². The highest BCUT2D eigenvalue weighted by atomic mass is 32.2. The molecule has 2 fully saturated rings. The summed E-state index contributed by atoms with van der Waals surface area (Å²) in [6.45, 7) is 7.98. The van der Waals surface area contributed by atoms with Crippen LogP contribution in [-0.4, -0.2) is 106 Å². The number of carbonyl (C=O) groups is 4. The van der Waals surface area contributed by atoms with Gasteiger partial charge in [0.25, 0.3) is 11.4 Å². The third kappa shape index (κ3) is 11.0. The molecule has 4 atom stereocenters. The molecule has 2 N–H and O–H groups in total. The Labute approximate surface area is 392 Å². The molecule has 2 amide bonds. The molecule has 0 aliphatic carbocycles. The number of hydrogen-bond acceptors (Lipinski definition) is 13. The number of nitrogens with zero attached hydrogens (tertiary/aromatic N) is 4. The zero-order valence-electron chi connectivity index (χ0n) is 38.1. The van der Waals surface area contributed by atoms with Gasteiger partial charge in [-0.25, -0.2) is 0 Å². The summed E-state index contributed by atoms with van der Waals surface area (Å²) in [4.78, 5) is 80.7. The highest BCUT2D eigenvalue weighted by molar-refractivity contribution is 7.99. The van der Waals surface area contributed by atoms with Crippen LogP contribution < -0.4 is 0 Å². The first-order valence-corrected chi connectivity index (χ1v) is 22.7. The average Bonchev–Trinajstić information content (AvgIpc) is 3.32. The first-order valence-electron chi connectivity index (χ1n) is 21.9. The lowest BCUT2D eigenvalue weighted by Gasteiger charge is -2.34. The third-order valence-corrected chi connectivity index (χ3v) is 13.3. The van der Waals surface area contributed by atoms with Crippen molar-refractivity contribution in [2.75, 3.05) is 40.4 Å². The first-order chi connectivity index (χ1) is 32.0. The highest BCUT2D eigenvalue weighted by Gasteiger charge is 2.37. The van der Waals surface area contributed by atoms with Gasteiger partial charge in [-0.05, 0) is 82.3 Å². The number of nitro benzene ring substituents is 2. The molecule has 67 heavy (non-hydrogen) atoms. The smallest absolute Gasteiger partial charge is 0.313 e. The molecule has 352 valence electrons. The highest BCUT2D eigenvalue weighted by Crippen LogP contribution is 2.50. The van der Waals surface area contributed by atoms with Gasteiger partial charge < -0.3 is 29.5 Å². The summed E-state index contributed by atoms with van der Waals surface area (Å²) in [6.07, 6.45) is 3.83. The van der Waals surface area contributed by atoms with Crippen molar-refractivity contribution in [2.24, 2.45) is 11.8 Å². The van der Waals surface area contributed by atoms with Crippen LogP contribution in [0, 0.1) is 32.1 Å². The normalized spacial score (nSPS) is 18.7. The molecule has 2 aliphatic rings. The van der Waals surface area contributed by atoms with Gasteiger partial charge in [-0.15, -0.1) is 0 Å². The molecule has 2 saturated heterocycles. The van der Waals surface area contributed by atoms with E-state index in [0.29, 0.717) is 22.3 Å². The lowest BCUT2D eigenvalue weighted by atomic mass is 9.89. The molecule has 2 heterocycles. The van der Waals surface area contributed by atoms with Crippen molar-refractivity contribution in [3.63, 3.8) is 0 Å². The lowest BCUT2D eigenvalue weighted by molar-refractivity contribution is -0.387. The van der Waals surface area contributed by atoms with Crippen LogP contribution in [0.4, 0.5) is 11.4 Å².